The van der Waals surface area contributed by atoms with E-state index in [1.165, 1.54) is 0 Å². The number of nitrogens with one attached hydrogen (secondary N) is 1. The Bertz CT molecular complexity index is 291. The molecule has 0 aromatic heterocycles. The summed E-state index contributed by atoms with van der Waals surface area (Å²) in [6.07, 6.45) is 2.55. The number of nitrogens with two attached hydrogens (primary N) is 1. The largest absolute Gasteiger partial charge is 0.481 e. The van der Waals surface area contributed by atoms with E-state index in [-0.39, 0.29) is 17.9 Å². The summed E-state index contributed by atoms with van der Waals surface area (Å²) in [5.41, 5.74) is 5.76. The zero-order valence-electron chi connectivity index (χ0n) is 10.5. The Morgan fingerprint density at radius 2 is 2.06 bits per heavy atom. The van der Waals surface area contributed by atoms with Gasteiger partial charge in [-0.25, -0.2) is 0 Å². The minimum atomic E-state index is -0.770. The fourth-order valence-corrected chi connectivity index (χ4v) is 2.26. The van der Waals surface area contributed by atoms with Crippen molar-refractivity contribution >= 4 is 11.9 Å². The topological polar surface area (TPSA) is 92.4 Å². The molecule has 1 aliphatic carbocycles. The van der Waals surface area contributed by atoms with E-state index in [1.807, 2.05) is 13.8 Å². The molecule has 0 spiro atoms. The summed E-state index contributed by atoms with van der Waals surface area (Å²) in [6.45, 7) is 4.03. The third-order valence-corrected chi connectivity index (χ3v) is 3.19. The first-order valence-electron chi connectivity index (χ1n) is 6.19. The first-order valence-corrected chi connectivity index (χ1v) is 6.19. The van der Waals surface area contributed by atoms with Crippen molar-refractivity contribution in [1.82, 2.24) is 5.32 Å². The molecule has 0 aromatic carbocycles. The van der Waals surface area contributed by atoms with E-state index in [0.717, 1.165) is 6.42 Å². The molecule has 1 saturated carbocycles. The van der Waals surface area contributed by atoms with Gasteiger partial charge in [-0.3, -0.25) is 9.59 Å². The summed E-state index contributed by atoms with van der Waals surface area (Å²) < 4.78 is 0. The van der Waals surface area contributed by atoms with Gasteiger partial charge in [0.1, 0.15) is 0 Å². The van der Waals surface area contributed by atoms with Crippen LogP contribution in [0.1, 0.15) is 39.5 Å². The highest BCUT2D eigenvalue weighted by Gasteiger charge is 2.31. The standard InChI is InChI=1S/C12H22N2O3/c1-7(2)5-10(13)11(15)14-9-4-3-8(6-9)12(16)17/h7-10H,3-6,13H2,1-2H3,(H,14,15)(H,16,17). The van der Waals surface area contributed by atoms with Crippen molar-refractivity contribution in [3.8, 4) is 0 Å². The second-order valence-corrected chi connectivity index (χ2v) is 5.29. The maximum atomic E-state index is 11.7. The van der Waals surface area contributed by atoms with Gasteiger partial charge < -0.3 is 16.2 Å². The van der Waals surface area contributed by atoms with Crippen LogP contribution >= 0.6 is 0 Å². The summed E-state index contributed by atoms with van der Waals surface area (Å²) in [4.78, 5) is 22.5. The van der Waals surface area contributed by atoms with Crippen LogP contribution in [-0.4, -0.2) is 29.1 Å². The van der Waals surface area contributed by atoms with E-state index in [4.69, 9.17) is 10.8 Å². The molecule has 0 heterocycles. The van der Waals surface area contributed by atoms with Gasteiger partial charge in [-0.1, -0.05) is 13.8 Å². The number of hydrogen-bond donors (Lipinski definition) is 3. The minimum Gasteiger partial charge on any atom is -0.481 e. The molecule has 98 valence electrons. The monoisotopic (exact) mass is 242 g/mol. The third-order valence-electron chi connectivity index (χ3n) is 3.19. The highest BCUT2D eigenvalue weighted by molar-refractivity contribution is 5.82. The normalized spacial score (nSPS) is 25.9. The summed E-state index contributed by atoms with van der Waals surface area (Å²) >= 11 is 0. The van der Waals surface area contributed by atoms with E-state index in [2.05, 4.69) is 5.32 Å². The van der Waals surface area contributed by atoms with Crippen molar-refractivity contribution in [2.45, 2.75) is 51.6 Å². The molecule has 0 radical (unpaired) electrons. The second kappa shape index (κ2) is 6.00. The molecule has 5 nitrogen and oxygen atoms in total. The molecule has 0 saturated heterocycles. The van der Waals surface area contributed by atoms with Crippen LogP contribution in [0.4, 0.5) is 0 Å². The predicted octanol–water partition coefficient (Wildman–Crippen LogP) is 0.729. The highest BCUT2D eigenvalue weighted by Crippen LogP contribution is 2.25. The van der Waals surface area contributed by atoms with Crippen molar-refractivity contribution in [2.24, 2.45) is 17.6 Å². The smallest absolute Gasteiger partial charge is 0.306 e. The number of carboxylic acids is 1. The van der Waals surface area contributed by atoms with E-state index >= 15 is 0 Å². The van der Waals surface area contributed by atoms with E-state index in [9.17, 15) is 9.59 Å². The third kappa shape index (κ3) is 4.34. The molecular weight excluding hydrogens is 220 g/mol. The van der Waals surface area contributed by atoms with Crippen LogP contribution in [0.5, 0.6) is 0 Å². The van der Waals surface area contributed by atoms with Gasteiger partial charge >= 0.3 is 5.97 Å². The van der Waals surface area contributed by atoms with Gasteiger partial charge in [-0.15, -0.1) is 0 Å². The zero-order chi connectivity index (χ0) is 13.0. The lowest BCUT2D eigenvalue weighted by atomic mass is 10.0. The number of aliphatic carboxylic acids is 1. The van der Waals surface area contributed by atoms with Crippen LogP contribution in [0.2, 0.25) is 0 Å². The molecule has 17 heavy (non-hydrogen) atoms. The van der Waals surface area contributed by atoms with Crippen LogP contribution in [0.25, 0.3) is 0 Å². The SMILES string of the molecule is CC(C)CC(N)C(=O)NC1CCC(C(=O)O)C1. The Morgan fingerprint density at radius 1 is 1.41 bits per heavy atom. The van der Waals surface area contributed by atoms with Crippen LogP contribution in [0.3, 0.4) is 0 Å². The van der Waals surface area contributed by atoms with E-state index in [1.54, 1.807) is 0 Å². The fourth-order valence-electron chi connectivity index (χ4n) is 2.26. The number of carbonyl (C=O) groups is 2. The summed E-state index contributed by atoms with van der Waals surface area (Å²) in [7, 11) is 0. The first kappa shape index (κ1) is 14.0. The quantitative estimate of drug-likeness (QED) is 0.662. The maximum Gasteiger partial charge on any atom is 0.306 e. The maximum absolute atomic E-state index is 11.7. The lowest BCUT2D eigenvalue weighted by molar-refractivity contribution is -0.141. The Morgan fingerprint density at radius 3 is 2.53 bits per heavy atom. The summed E-state index contributed by atoms with van der Waals surface area (Å²) in [5, 5.41) is 11.7. The molecule has 1 amide bonds. The molecule has 3 unspecified atom stereocenters. The Hall–Kier alpha value is -1.10. The number of carboxylic acid groups (broad SMARTS) is 1. The average molecular weight is 242 g/mol. The molecule has 1 fully saturated rings. The number of rotatable bonds is 5. The van der Waals surface area contributed by atoms with Crippen molar-refractivity contribution in [3.05, 3.63) is 0 Å². The van der Waals surface area contributed by atoms with Gasteiger partial charge in [0, 0.05) is 6.04 Å². The van der Waals surface area contributed by atoms with Crippen LogP contribution < -0.4 is 11.1 Å². The van der Waals surface area contributed by atoms with Crippen molar-refractivity contribution < 1.29 is 14.7 Å². The molecule has 5 heteroatoms. The Balaban J connectivity index is 2.35. The zero-order valence-corrected chi connectivity index (χ0v) is 10.5. The molecule has 1 rings (SSSR count). The van der Waals surface area contributed by atoms with Crippen LogP contribution in [0, 0.1) is 11.8 Å². The second-order valence-electron chi connectivity index (χ2n) is 5.29. The summed E-state index contributed by atoms with van der Waals surface area (Å²) in [6, 6.07) is -0.513. The molecule has 1 aliphatic rings. The first-order chi connectivity index (χ1) is 7.90. The minimum absolute atomic E-state index is 0.0261. The fraction of sp³-hybridized carbons (Fsp3) is 0.833. The van der Waals surface area contributed by atoms with Crippen molar-refractivity contribution in [3.63, 3.8) is 0 Å². The number of carbonyl (C=O) groups excluding carboxylic acids is 1. The van der Waals surface area contributed by atoms with Crippen LogP contribution in [-0.2, 0) is 9.59 Å². The van der Waals surface area contributed by atoms with E-state index < -0.39 is 12.0 Å². The van der Waals surface area contributed by atoms with Gasteiger partial charge in [-0.2, -0.15) is 0 Å². The predicted molar refractivity (Wildman–Crippen MR) is 64.3 cm³/mol. The molecule has 0 bridgehead atoms. The Kier molecular flexibility index (Phi) is 4.93. The number of hydrogen-bond acceptors (Lipinski definition) is 3. The molecule has 3 atom stereocenters. The Labute approximate surface area is 102 Å². The number of amides is 1. The molecular formula is C12H22N2O3. The molecule has 0 aromatic rings. The van der Waals surface area contributed by atoms with Gasteiger partial charge in [0.15, 0.2) is 0 Å². The van der Waals surface area contributed by atoms with Gasteiger partial charge in [-0.05, 0) is 31.6 Å². The van der Waals surface area contributed by atoms with Crippen molar-refractivity contribution in [2.75, 3.05) is 0 Å². The van der Waals surface area contributed by atoms with E-state index in [0.29, 0.717) is 25.2 Å². The van der Waals surface area contributed by atoms with Crippen LogP contribution in [0.15, 0.2) is 0 Å². The van der Waals surface area contributed by atoms with Gasteiger partial charge in [0.2, 0.25) is 5.91 Å². The van der Waals surface area contributed by atoms with Gasteiger partial charge in [0.25, 0.3) is 0 Å². The molecule has 0 aliphatic heterocycles. The van der Waals surface area contributed by atoms with Crippen molar-refractivity contribution in [1.29, 1.82) is 0 Å². The lowest BCUT2D eigenvalue weighted by Gasteiger charge is -2.18. The average Bonchev–Trinajstić information content (AvgIpc) is 2.65. The lowest BCUT2D eigenvalue weighted by Crippen LogP contribution is -2.45. The highest BCUT2D eigenvalue weighted by atomic mass is 16.4. The molecule has 4 N–H and O–H groups in total. The van der Waals surface area contributed by atoms with Gasteiger partial charge in [0.05, 0.1) is 12.0 Å². The summed E-state index contributed by atoms with van der Waals surface area (Å²) in [5.74, 6) is -0.865.